The average molecular weight is 758 g/mol. The Morgan fingerprint density at radius 3 is 1.57 bits per heavy atom. The molecule has 1 aromatic heterocycles. The summed E-state index contributed by atoms with van der Waals surface area (Å²) in [6.07, 6.45) is 0. The molecule has 0 fully saturated rings. The van der Waals surface area contributed by atoms with Gasteiger partial charge >= 0.3 is 0 Å². The molecule has 2 heteroatoms. The molecule has 274 valence electrons. The molecule has 0 radical (unpaired) electrons. The smallest absolute Gasteiger partial charge is 0.0740 e. The summed E-state index contributed by atoms with van der Waals surface area (Å²) in [5.41, 5.74) is 21.5. The molecule has 1 heterocycles. The minimum atomic E-state index is -0.521. The first-order chi connectivity index (χ1) is 28.6. The van der Waals surface area contributed by atoms with E-state index in [1.165, 1.54) is 93.3 Å². The summed E-state index contributed by atoms with van der Waals surface area (Å²) in [6, 6.07) is 74.7. The molecular formula is C56H39NS. The largest absolute Gasteiger partial charge is 0.310 e. The summed E-state index contributed by atoms with van der Waals surface area (Å²) in [5, 5.41) is 0. The lowest BCUT2D eigenvalue weighted by molar-refractivity contribution is 0.660. The van der Waals surface area contributed by atoms with Crippen LogP contribution in [0.5, 0.6) is 0 Å². The van der Waals surface area contributed by atoms with Crippen molar-refractivity contribution < 1.29 is 0 Å². The van der Waals surface area contributed by atoms with Gasteiger partial charge in [-0.15, -0.1) is 11.3 Å². The SMILES string of the molecule is CC1(C)c2ccccc2-c2ccc(N(c3ccccc3)c3cccc4c3-c3ccccc3C43c4ccccc4-c4c(-c5ccccc5)sc(-c5ccccc5)c43)cc21. The first-order valence-corrected chi connectivity index (χ1v) is 21.1. The Bertz CT molecular complexity index is 3080. The van der Waals surface area contributed by atoms with Crippen molar-refractivity contribution in [3.8, 4) is 54.3 Å². The molecule has 1 nitrogen and oxygen atoms in total. The second-order valence-corrected chi connectivity index (χ2v) is 17.4. The van der Waals surface area contributed by atoms with Gasteiger partial charge in [0.05, 0.1) is 11.1 Å². The number of anilines is 3. The summed E-state index contributed by atoms with van der Waals surface area (Å²) in [7, 11) is 0. The van der Waals surface area contributed by atoms with E-state index >= 15 is 0 Å². The fraction of sp³-hybridized carbons (Fsp3) is 0.0714. The van der Waals surface area contributed by atoms with Crippen molar-refractivity contribution in [2.24, 2.45) is 0 Å². The monoisotopic (exact) mass is 757 g/mol. The van der Waals surface area contributed by atoms with Crippen LogP contribution in [0, 0.1) is 0 Å². The van der Waals surface area contributed by atoms with Crippen LogP contribution < -0.4 is 4.90 Å². The molecular weight excluding hydrogens is 719 g/mol. The number of hydrogen-bond acceptors (Lipinski definition) is 2. The van der Waals surface area contributed by atoms with Crippen molar-refractivity contribution in [3.63, 3.8) is 0 Å². The third kappa shape index (κ3) is 4.41. The van der Waals surface area contributed by atoms with Crippen molar-refractivity contribution in [1.29, 1.82) is 0 Å². The molecule has 3 aliphatic rings. The Labute approximate surface area is 344 Å². The predicted octanol–water partition coefficient (Wildman–Crippen LogP) is 15.2. The lowest BCUT2D eigenvalue weighted by atomic mass is 9.70. The highest BCUT2D eigenvalue weighted by Gasteiger charge is 2.55. The first-order valence-electron chi connectivity index (χ1n) is 20.3. The van der Waals surface area contributed by atoms with Crippen LogP contribution in [0.1, 0.15) is 47.2 Å². The lowest BCUT2D eigenvalue weighted by Crippen LogP contribution is -2.26. The Kier molecular flexibility index (Phi) is 7.13. The number of nitrogens with zero attached hydrogens (tertiary/aromatic N) is 1. The van der Waals surface area contributed by atoms with E-state index in [0.717, 1.165) is 11.4 Å². The zero-order valence-corrected chi connectivity index (χ0v) is 33.2. The highest BCUT2D eigenvalue weighted by molar-refractivity contribution is 7.19. The molecule has 0 amide bonds. The van der Waals surface area contributed by atoms with Crippen LogP contribution in [-0.4, -0.2) is 0 Å². The average Bonchev–Trinajstić information content (AvgIpc) is 3.98. The van der Waals surface area contributed by atoms with E-state index in [0.29, 0.717) is 0 Å². The van der Waals surface area contributed by atoms with Gasteiger partial charge in [0.25, 0.3) is 0 Å². The molecule has 0 saturated heterocycles. The van der Waals surface area contributed by atoms with E-state index in [2.05, 4.69) is 219 Å². The summed E-state index contributed by atoms with van der Waals surface area (Å²) in [4.78, 5) is 5.17. The van der Waals surface area contributed by atoms with E-state index in [4.69, 9.17) is 0 Å². The van der Waals surface area contributed by atoms with Crippen LogP contribution in [0.4, 0.5) is 17.1 Å². The highest BCUT2D eigenvalue weighted by atomic mass is 32.1. The van der Waals surface area contributed by atoms with Gasteiger partial charge in [-0.3, -0.25) is 0 Å². The van der Waals surface area contributed by atoms with Gasteiger partial charge in [-0.05, 0) is 97.1 Å². The minimum Gasteiger partial charge on any atom is -0.310 e. The van der Waals surface area contributed by atoms with Crippen molar-refractivity contribution in [3.05, 3.63) is 234 Å². The van der Waals surface area contributed by atoms with Gasteiger partial charge < -0.3 is 4.90 Å². The number of benzene rings is 8. The molecule has 0 saturated carbocycles. The minimum absolute atomic E-state index is 0.118. The number of rotatable bonds is 5. The Hall–Kier alpha value is -6.74. The van der Waals surface area contributed by atoms with E-state index in [1.54, 1.807) is 0 Å². The fourth-order valence-corrected chi connectivity index (χ4v) is 12.1. The van der Waals surface area contributed by atoms with Gasteiger partial charge in [-0.1, -0.05) is 184 Å². The van der Waals surface area contributed by atoms with Crippen LogP contribution in [-0.2, 0) is 10.8 Å². The second kappa shape index (κ2) is 12.4. The maximum Gasteiger partial charge on any atom is 0.0740 e. The summed E-state index contributed by atoms with van der Waals surface area (Å²) < 4.78 is 0. The molecule has 1 atom stereocenters. The Morgan fingerprint density at radius 1 is 0.379 bits per heavy atom. The van der Waals surface area contributed by atoms with Crippen molar-refractivity contribution in [2.45, 2.75) is 24.7 Å². The lowest BCUT2D eigenvalue weighted by Gasteiger charge is -2.32. The third-order valence-electron chi connectivity index (χ3n) is 13.1. The van der Waals surface area contributed by atoms with Gasteiger partial charge in [0.1, 0.15) is 0 Å². The van der Waals surface area contributed by atoms with E-state index in [-0.39, 0.29) is 5.41 Å². The standard InChI is InChI=1S/C56H39NS/c1-55(2)44-28-15-12-25-40(44)41-34-33-39(35-48(41)55)57(38-23-10-5-11-24-38)49-32-18-31-47-50(49)42-26-13-16-29-45(42)56(47)46-30-17-14-27-43(46)51-52(56)54(37-21-8-4-9-22-37)58-53(51)36-19-6-3-7-20-36/h3-35H,1-2H3. The van der Waals surface area contributed by atoms with Crippen LogP contribution >= 0.6 is 11.3 Å². The number of thiophene rings is 1. The molecule has 9 aromatic rings. The highest BCUT2D eigenvalue weighted by Crippen LogP contribution is 2.69. The molecule has 0 aliphatic heterocycles. The van der Waals surface area contributed by atoms with Crippen molar-refractivity contribution in [2.75, 3.05) is 4.90 Å². The van der Waals surface area contributed by atoms with Crippen LogP contribution in [0.15, 0.2) is 200 Å². The second-order valence-electron chi connectivity index (χ2n) is 16.4. The number of para-hydroxylation sites is 1. The van der Waals surface area contributed by atoms with E-state index < -0.39 is 5.41 Å². The summed E-state index contributed by atoms with van der Waals surface area (Å²) >= 11 is 1.94. The molecule has 8 aromatic carbocycles. The first kappa shape index (κ1) is 33.4. The predicted molar refractivity (Wildman–Crippen MR) is 244 cm³/mol. The fourth-order valence-electron chi connectivity index (χ4n) is 10.7. The molecule has 3 aliphatic carbocycles. The van der Waals surface area contributed by atoms with Gasteiger partial charge in [0.15, 0.2) is 0 Å². The number of hydrogen-bond donors (Lipinski definition) is 0. The third-order valence-corrected chi connectivity index (χ3v) is 14.4. The molecule has 0 bridgehead atoms. The quantitative estimate of drug-likeness (QED) is 0.169. The topological polar surface area (TPSA) is 3.24 Å². The van der Waals surface area contributed by atoms with Gasteiger partial charge in [-0.2, -0.15) is 0 Å². The zero-order valence-electron chi connectivity index (χ0n) is 32.4. The zero-order chi connectivity index (χ0) is 38.6. The molecule has 0 N–H and O–H groups in total. The number of fused-ring (bicyclic) bond motifs is 13. The van der Waals surface area contributed by atoms with Crippen molar-refractivity contribution >= 4 is 28.4 Å². The maximum absolute atomic E-state index is 2.51. The maximum atomic E-state index is 2.51. The normalized spacial score (nSPS) is 16.0. The van der Waals surface area contributed by atoms with E-state index in [1.807, 2.05) is 11.3 Å². The molecule has 12 rings (SSSR count). The van der Waals surface area contributed by atoms with Gasteiger partial charge in [-0.25, -0.2) is 0 Å². The van der Waals surface area contributed by atoms with Crippen LogP contribution in [0.2, 0.25) is 0 Å². The summed E-state index contributed by atoms with van der Waals surface area (Å²) in [6.45, 7) is 4.75. The Balaban J connectivity index is 1.17. The molecule has 1 spiro atoms. The molecule has 1 unspecified atom stereocenters. The molecule has 58 heavy (non-hydrogen) atoms. The van der Waals surface area contributed by atoms with Crippen LogP contribution in [0.3, 0.4) is 0 Å². The van der Waals surface area contributed by atoms with Crippen molar-refractivity contribution in [1.82, 2.24) is 0 Å². The van der Waals surface area contributed by atoms with Gasteiger partial charge in [0, 0.05) is 37.7 Å². The summed E-state index contributed by atoms with van der Waals surface area (Å²) in [5.74, 6) is 0. The van der Waals surface area contributed by atoms with Crippen LogP contribution in [0.25, 0.3) is 54.3 Å². The van der Waals surface area contributed by atoms with E-state index in [9.17, 15) is 0 Å². The Morgan fingerprint density at radius 2 is 0.897 bits per heavy atom. The van der Waals surface area contributed by atoms with Gasteiger partial charge in [0.2, 0.25) is 0 Å².